The Morgan fingerprint density at radius 1 is 1.24 bits per heavy atom. The number of carbonyl (C=O) groups excluding carboxylic acids is 2. The van der Waals surface area contributed by atoms with Gasteiger partial charge in [0.15, 0.2) is 0 Å². The first kappa shape index (κ1) is 17.3. The summed E-state index contributed by atoms with van der Waals surface area (Å²) >= 11 is 0. The Balaban J connectivity index is 1.79. The van der Waals surface area contributed by atoms with Crippen LogP contribution in [0.5, 0.6) is 0 Å². The van der Waals surface area contributed by atoms with Gasteiger partial charge in [0.2, 0.25) is 0 Å². The van der Waals surface area contributed by atoms with E-state index in [-0.39, 0.29) is 17.5 Å². The Hall–Kier alpha value is -2.55. The summed E-state index contributed by atoms with van der Waals surface area (Å²) in [6.45, 7) is 1.12. The third-order valence-electron chi connectivity index (χ3n) is 4.33. The van der Waals surface area contributed by atoms with Gasteiger partial charge in [0, 0.05) is 18.3 Å². The van der Waals surface area contributed by atoms with Crippen LogP contribution in [0.2, 0.25) is 0 Å². The molecule has 0 spiro atoms. The van der Waals surface area contributed by atoms with Crippen molar-refractivity contribution in [2.75, 3.05) is 18.4 Å². The number of fused-ring (bicyclic) bond motifs is 1. The molecule has 1 fully saturated rings. The summed E-state index contributed by atoms with van der Waals surface area (Å²) in [7, 11) is 0. The minimum absolute atomic E-state index is 0.0926. The Morgan fingerprint density at radius 3 is 2.56 bits per heavy atom. The van der Waals surface area contributed by atoms with E-state index < -0.39 is 35.0 Å². The molecular weight excluding hydrogens is 339 g/mol. The van der Waals surface area contributed by atoms with Gasteiger partial charge < -0.3 is 21.1 Å². The number of benzene rings is 1. The number of halogens is 3. The highest BCUT2D eigenvalue weighted by Crippen LogP contribution is 2.30. The first-order valence-electron chi connectivity index (χ1n) is 7.70. The van der Waals surface area contributed by atoms with E-state index in [1.165, 1.54) is 0 Å². The van der Waals surface area contributed by atoms with Gasteiger partial charge in [0.25, 0.3) is 11.8 Å². The van der Waals surface area contributed by atoms with Crippen molar-refractivity contribution in [1.82, 2.24) is 10.6 Å². The van der Waals surface area contributed by atoms with E-state index in [0.717, 1.165) is 24.3 Å². The summed E-state index contributed by atoms with van der Waals surface area (Å²) in [6.07, 6.45) is -3.84. The molecule has 9 heteroatoms. The molecule has 0 bridgehead atoms. The highest BCUT2D eigenvalue weighted by Gasteiger charge is 2.40. The smallest absolute Gasteiger partial charge is 0.416 e. The number of aliphatic hydroxyl groups excluding tert-OH is 1. The largest absolute Gasteiger partial charge is 0.511 e. The monoisotopic (exact) mass is 355 g/mol. The molecular formula is C16H16F3N3O3. The number of aliphatic hydroxyl groups is 1. The van der Waals surface area contributed by atoms with Crippen LogP contribution >= 0.6 is 0 Å². The Kier molecular flexibility index (Phi) is 4.42. The van der Waals surface area contributed by atoms with Crippen molar-refractivity contribution >= 4 is 17.5 Å². The molecule has 2 unspecified atom stereocenters. The Labute approximate surface area is 141 Å². The van der Waals surface area contributed by atoms with Crippen molar-refractivity contribution in [3.05, 3.63) is 41.2 Å². The topological polar surface area (TPSA) is 90.5 Å². The fourth-order valence-corrected chi connectivity index (χ4v) is 3.02. The molecule has 0 radical (unpaired) electrons. The lowest BCUT2D eigenvalue weighted by Gasteiger charge is -2.36. The summed E-state index contributed by atoms with van der Waals surface area (Å²) in [5, 5.41) is 18.4. The second-order valence-electron chi connectivity index (χ2n) is 5.97. The third-order valence-corrected chi connectivity index (χ3v) is 4.33. The van der Waals surface area contributed by atoms with E-state index in [9.17, 15) is 27.9 Å². The molecule has 1 saturated heterocycles. The number of nitrogens with one attached hydrogen (secondary N) is 3. The number of carbonyl (C=O) groups is 2. The van der Waals surface area contributed by atoms with E-state index >= 15 is 0 Å². The summed E-state index contributed by atoms with van der Waals surface area (Å²) in [5.41, 5.74) is -1.17. The summed E-state index contributed by atoms with van der Waals surface area (Å²) < 4.78 is 37.6. The highest BCUT2D eigenvalue weighted by atomic mass is 19.4. The van der Waals surface area contributed by atoms with Gasteiger partial charge in [-0.25, -0.2) is 0 Å². The van der Waals surface area contributed by atoms with Gasteiger partial charge >= 0.3 is 6.18 Å². The van der Waals surface area contributed by atoms with Gasteiger partial charge in [0.1, 0.15) is 11.3 Å². The zero-order valence-electron chi connectivity index (χ0n) is 13.0. The van der Waals surface area contributed by atoms with Crippen LogP contribution in [0.3, 0.4) is 0 Å². The molecule has 4 N–H and O–H groups in total. The molecule has 2 atom stereocenters. The fraction of sp³-hybridized carbons (Fsp3) is 0.375. The minimum Gasteiger partial charge on any atom is -0.511 e. The first-order chi connectivity index (χ1) is 11.8. The molecule has 2 amide bonds. The predicted octanol–water partition coefficient (Wildman–Crippen LogP) is 1.56. The van der Waals surface area contributed by atoms with Crippen molar-refractivity contribution in [2.24, 2.45) is 5.92 Å². The molecule has 2 heterocycles. The van der Waals surface area contributed by atoms with Crippen LogP contribution in [0.25, 0.3) is 0 Å². The molecule has 3 rings (SSSR count). The zero-order valence-corrected chi connectivity index (χ0v) is 13.0. The third kappa shape index (κ3) is 3.46. The SMILES string of the molecule is O=C(Nc1ccc(C(F)(F)F)cc1)C1=C(O)C2CNCCC2NC1=O. The maximum atomic E-state index is 12.5. The molecule has 2 aliphatic rings. The number of amides is 2. The van der Waals surface area contributed by atoms with Crippen LogP contribution in [0, 0.1) is 5.92 Å². The van der Waals surface area contributed by atoms with Crippen molar-refractivity contribution < 1.29 is 27.9 Å². The number of anilines is 1. The molecule has 0 saturated carbocycles. The molecule has 25 heavy (non-hydrogen) atoms. The van der Waals surface area contributed by atoms with E-state index in [4.69, 9.17) is 0 Å². The predicted molar refractivity (Wildman–Crippen MR) is 82.6 cm³/mol. The van der Waals surface area contributed by atoms with Crippen LogP contribution < -0.4 is 16.0 Å². The van der Waals surface area contributed by atoms with Crippen molar-refractivity contribution in [3.63, 3.8) is 0 Å². The van der Waals surface area contributed by atoms with E-state index in [0.29, 0.717) is 19.5 Å². The molecule has 2 aliphatic heterocycles. The Morgan fingerprint density at radius 2 is 1.92 bits per heavy atom. The highest BCUT2D eigenvalue weighted by molar-refractivity contribution is 6.23. The quantitative estimate of drug-likeness (QED) is 0.606. The van der Waals surface area contributed by atoms with Crippen LogP contribution in [0.1, 0.15) is 12.0 Å². The number of alkyl halides is 3. The maximum Gasteiger partial charge on any atom is 0.416 e. The van der Waals surface area contributed by atoms with E-state index in [2.05, 4.69) is 16.0 Å². The summed E-state index contributed by atoms with van der Waals surface area (Å²) in [6, 6.07) is 3.59. The van der Waals surface area contributed by atoms with Crippen LogP contribution in [-0.4, -0.2) is 36.1 Å². The summed E-state index contributed by atoms with van der Waals surface area (Å²) in [4.78, 5) is 24.4. The lowest BCUT2D eigenvalue weighted by atomic mass is 9.85. The molecule has 0 aliphatic carbocycles. The van der Waals surface area contributed by atoms with Gasteiger partial charge in [0.05, 0.1) is 11.5 Å². The first-order valence-corrected chi connectivity index (χ1v) is 7.70. The van der Waals surface area contributed by atoms with E-state index in [1.807, 2.05) is 0 Å². The zero-order chi connectivity index (χ0) is 18.2. The van der Waals surface area contributed by atoms with Crippen LogP contribution in [-0.2, 0) is 15.8 Å². The number of hydrogen-bond acceptors (Lipinski definition) is 4. The average molecular weight is 355 g/mol. The van der Waals surface area contributed by atoms with Crippen molar-refractivity contribution in [2.45, 2.75) is 18.6 Å². The molecule has 0 aromatic heterocycles. The maximum absolute atomic E-state index is 12.5. The van der Waals surface area contributed by atoms with Gasteiger partial charge in [-0.05, 0) is 37.2 Å². The lowest BCUT2D eigenvalue weighted by molar-refractivity contribution is -0.137. The van der Waals surface area contributed by atoms with Gasteiger partial charge in [-0.1, -0.05) is 0 Å². The number of piperidine rings is 1. The number of rotatable bonds is 2. The lowest BCUT2D eigenvalue weighted by Crippen LogP contribution is -2.55. The minimum atomic E-state index is -4.48. The number of hydrogen-bond donors (Lipinski definition) is 4. The van der Waals surface area contributed by atoms with Crippen molar-refractivity contribution in [3.8, 4) is 0 Å². The molecule has 134 valence electrons. The second-order valence-corrected chi connectivity index (χ2v) is 5.97. The van der Waals surface area contributed by atoms with Crippen LogP contribution in [0.15, 0.2) is 35.6 Å². The van der Waals surface area contributed by atoms with Gasteiger partial charge in [-0.15, -0.1) is 0 Å². The second kappa shape index (κ2) is 6.40. The van der Waals surface area contributed by atoms with Crippen LogP contribution in [0.4, 0.5) is 18.9 Å². The Bertz CT molecular complexity index is 728. The van der Waals surface area contributed by atoms with Gasteiger partial charge in [-0.3, -0.25) is 9.59 Å². The van der Waals surface area contributed by atoms with Gasteiger partial charge in [-0.2, -0.15) is 13.2 Å². The normalized spacial score (nSPS) is 23.7. The van der Waals surface area contributed by atoms with E-state index in [1.54, 1.807) is 0 Å². The van der Waals surface area contributed by atoms with Crippen molar-refractivity contribution in [1.29, 1.82) is 0 Å². The standard InChI is InChI=1S/C16H16F3N3O3/c17-16(18,19)8-1-3-9(4-2-8)21-14(24)12-13(23)10-7-20-6-5-11(10)22-15(12)25/h1-4,10-11,20,23H,5-7H2,(H,21,24)(H,22,25). The molecule has 1 aromatic rings. The molecule has 6 nitrogen and oxygen atoms in total. The average Bonchev–Trinajstić information content (AvgIpc) is 2.54. The molecule has 1 aromatic carbocycles. The fourth-order valence-electron chi connectivity index (χ4n) is 3.02. The summed E-state index contributed by atoms with van der Waals surface area (Å²) in [5.74, 6) is -2.26.